The second-order valence-corrected chi connectivity index (χ2v) is 25.6. The van der Waals surface area contributed by atoms with E-state index >= 15 is 0 Å². The molecule has 0 saturated carbocycles. The zero-order chi connectivity index (χ0) is 62.5. The summed E-state index contributed by atoms with van der Waals surface area (Å²) in [6.45, 7) is 27.4. The Hall–Kier alpha value is -6.03. The highest BCUT2D eigenvalue weighted by atomic mass is 79.9. The zero-order valence-electron chi connectivity index (χ0n) is 53.4. The molecule has 486 valence electrons. The lowest BCUT2D eigenvalue weighted by molar-refractivity contribution is 0.0589. The lowest BCUT2D eigenvalue weighted by Gasteiger charge is -2.31. The van der Waals surface area contributed by atoms with Gasteiger partial charge in [0.25, 0.3) is 0 Å². The number of rotatable bonds is 16. The van der Waals surface area contributed by atoms with E-state index in [0.29, 0.717) is 74.2 Å². The molecule has 0 bridgehead atoms. The fourth-order valence-electron chi connectivity index (χ4n) is 10.9. The number of pyridine rings is 3. The molecule has 0 aliphatic carbocycles. The van der Waals surface area contributed by atoms with E-state index in [1.165, 1.54) is 49.9 Å². The Labute approximate surface area is 526 Å². The van der Waals surface area contributed by atoms with Gasteiger partial charge in [-0.1, -0.05) is 0 Å². The summed E-state index contributed by atoms with van der Waals surface area (Å²) in [6, 6.07) is 11.9. The molecular weight excluding hydrogens is 1180 g/mol. The van der Waals surface area contributed by atoms with Crippen molar-refractivity contribution in [3.63, 3.8) is 0 Å². The number of aromatic nitrogens is 3. The Bertz CT molecular complexity index is 2310. The van der Waals surface area contributed by atoms with Gasteiger partial charge in [0.2, 0.25) is 17.6 Å². The van der Waals surface area contributed by atoms with Crippen molar-refractivity contribution in [1.82, 2.24) is 34.6 Å². The second-order valence-electron chi connectivity index (χ2n) is 24.7. The van der Waals surface area contributed by atoms with E-state index in [9.17, 15) is 19.2 Å². The van der Waals surface area contributed by atoms with Crippen molar-refractivity contribution in [2.75, 3.05) is 115 Å². The summed E-state index contributed by atoms with van der Waals surface area (Å²) in [4.78, 5) is 72.0. The normalized spacial score (nSPS) is 18.2. The monoisotopic (exact) mass is 1280 g/mol. The molecule has 9 heterocycles. The number of carbonyl (C=O) groups is 4. The Kier molecular flexibility index (Phi) is 30.4. The molecule has 21 nitrogen and oxygen atoms in total. The van der Waals surface area contributed by atoms with Gasteiger partial charge in [0.15, 0.2) is 0 Å². The minimum atomic E-state index is -0.226. The molecule has 1 N–H and O–H groups in total. The highest BCUT2D eigenvalue weighted by molar-refractivity contribution is 9.10. The molecule has 3 aromatic rings. The molecule has 0 aromatic carbocycles. The van der Waals surface area contributed by atoms with Gasteiger partial charge in [0.05, 0.1) is 68.0 Å². The van der Waals surface area contributed by atoms with Crippen molar-refractivity contribution < 1.29 is 57.4 Å². The summed E-state index contributed by atoms with van der Waals surface area (Å²) in [5, 5.41) is 8.93. The standard InChI is InChI=1S/2C20H31N3O3.C15H21BrN2O3.C10H19NO3/c2*1-16(2)26-20(24)23-12-8-17(9-13-23)15-25-19-7-6-18(14-21-19)22-10-4-3-5-11-22;1-11(2)21-15(19)18-7-5-12(6-8-18)10-20-14-4-3-13(16)9-17-14;1-8(2)14-10(13)11-5-3-9(7-12)4-6-11/h2*6-7,14,16-17H,3-5,8-13,15H2,1-2H3;3-4,9,11-12H,5-8,10H2,1-2H3;8-9,12H,3-7H2,1-2H3. The molecule has 87 heavy (non-hydrogen) atoms. The van der Waals surface area contributed by atoms with Crippen LogP contribution in [0.1, 0.15) is 145 Å². The maximum absolute atomic E-state index is 11.9. The van der Waals surface area contributed by atoms with Crippen molar-refractivity contribution >= 4 is 51.7 Å². The smallest absolute Gasteiger partial charge is 0.410 e. The van der Waals surface area contributed by atoms with E-state index < -0.39 is 0 Å². The molecule has 3 aromatic heterocycles. The van der Waals surface area contributed by atoms with Gasteiger partial charge in [-0.15, -0.1) is 0 Å². The predicted octanol–water partition coefficient (Wildman–Crippen LogP) is 12.1. The Morgan fingerprint density at radius 1 is 0.414 bits per heavy atom. The molecule has 0 spiro atoms. The van der Waals surface area contributed by atoms with Crippen molar-refractivity contribution in [2.45, 2.75) is 170 Å². The van der Waals surface area contributed by atoms with Crippen molar-refractivity contribution in [3.05, 3.63) is 59.5 Å². The van der Waals surface area contributed by atoms with Gasteiger partial charge in [-0.3, -0.25) is 0 Å². The fourth-order valence-corrected chi connectivity index (χ4v) is 11.1. The number of ether oxygens (including phenoxy) is 7. The number of halogens is 1. The van der Waals surface area contributed by atoms with Crippen LogP contribution in [0.2, 0.25) is 0 Å². The number of hydrogen-bond donors (Lipinski definition) is 1. The highest BCUT2D eigenvalue weighted by Gasteiger charge is 2.29. The zero-order valence-corrected chi connectivity index (χ0v) is 55.0. The Morgan fingerprint density at radius 2 is 0.690 bits per heavy atom. The van der Waals surface area contributed by atoms with Crippen LogP contribution in [-0.4, -0.2) is 193 Å². The molecule has 6 fully saturated rings. The van der Waals surface area contributed by atoms with Crippen LogP contribution in [-0.2, 0) is 18.9 Å². The lowest BCUT2D eigenvalue weighted by atomic mass is 9.98. The van der Waals surface area contributed by atoms with E-state index in [1.807, 2.05) is 92.0 Å². The molecule has 6 aliphatic heterocycles. The first-order chi connectivity index (χ1) is 41.9. The number of aliphatic hydroxyl groups excluding tert-OH is 1. The maximum atomic E-state index is 11.9. The summed E-state index contributed by atoms with van der Waals surface area (Å²) in [7, 11) is 0. The summed E-state index contributed by atoms with van der Waals surface area (Å²) in [6.07, 6.45) is 19.6. The topological polar surface area (TPSA) is 211 Å². The van der Waals surface area contributed by atoms with Crippen molar-refractivity contribution in [2.24, 2.45) is 23.7 Å². The predicted molar refractivity (Wildman–Crippen MR) is 340 cm³/mol. The number of nitrogens with zero attached hydrogens (tertiary/aromatic N) is 9. The van der Waals surface area contributed by atoms with E-state index in [0.717, 1.165) is 121 Å². The van der Waals surface area contributed by atoms with Gasteiger partial charge >= 0.3 is 24.4 Å². The molecule has 0 radical (unpaired) electrons. The molecule has 0 unspecified atom stereocenters. The molecule has 4 amide bonds. The van der Waals surface area contributed by atoms with Gasteiger partial charge in [0.1, 0.15) is 0 Å². The lowest BCUT2D eigenvalue weighted by Crippen LogP contribution is -2.40. The van der Waals surface area contributed by atoms with E-state index in [-0.39, 0.29) is 55.4 Å². The maximum Gasteiger partial charge on any atom is 0.410 e. The van der Waals surface area contributed by atoms with Gasteiger partial charge in [-0.05, 0) is 203 Å². The van der Waals surface area contributed by atoms with Crippen LogP contribution in [0.5, 0.6) is 17.6 Å². The number of likely N-dealkylation sites (tertiary alicyclic amines) is 4. The minimum Gasteiger partial charge on any atom is -0.477 e. The molecular formula is C65H102BrN9O12. The summed E-state index contributed by atoms with van der Waals surface area (Å²) in [5.74, 6) is 3.75. The van der Waals surface area contributed by atoms with Crippen LogP contribution >= 0.6 is 15.9 Å². The van der Waals surface area contributed by atoms with Crippen LogP contribution in [0.15, 0.2) is 59.5 Å². The van der Waals surface area contributed by atoms with Crippen LogP contribution in [0, 0.1) is 23.7 Å². The quantitative estimate of drug-likeness (QED) is 0.132. The van der Waals surface area contributed by atoms with E-state index in [4.69, 9.17) is 38.3 Å². The molecule has 22 heteroatoms. The number of aliphatic hydroxyl groups is 1. The number of anilines is 2. The first-order valence-corrected chi connectivity index (χ1v) is 33.1. The third-order valence-corrected chi connectivity index (χ3v) is 16.5. The molecule has 9 rings (SSSR count). The Balaban J connectivity index is 0.000000190. The van der Waals surface area contributed by atoms with E-state index in [1.54, 1.807) is 25.8 Å². The van der Waals surface area contributed by atoms with E-state index in [2.05, 4.69) is 52.8 Å². The van der Waals surface area contributed by atoms with Crippen molar-refractivity contribution in [3.8, 4) is 17.6 Å². The van der Waals surface area contributed by atoms with Gasteiger partial charge in [-0.25, -0.2) is 34.1 Å². The average molecular weight is 1280 g/mol. The van der Waals surface area contributed by atoms with Crippen LogP contribution in [0.25, 0.3) is 0 Å². The summed E-state index contributed by atoms with van der Waals surface area (Å²) in [5.41, 5.74) is 2.38. The third-order valence-electron chi connectivity index (χ3n) is 16.1. The first-order valence-electron chi connectivity index (χ1n) is 32.3. The highest BCUT2D eigenvalue weighted by Crippen LogP contribution is 2.27. The van der Waals surface area contributed by atoms with Crippen LogP contribution < -0.4 is 24.0 Å². The van der Waals surface area contributed by atoms with Gasteiger partial charge < -0.3 is 67.7 Å². The first kappa shape index (κ1) is 70.1. The number of carbonyl (C=O) groups excluding carboxylic acids is 4. The number of hydrogen-bond acceptors (Lipinski definition) is 17. The average Bonchev–Trinajstić information content (AvgIpc) is 3.64. The van der Waals surface area contributed by atoms with Crippen molar-refractivity contribution in [1.29, 1.82) is 0 Å². The molecule has 6 saturated heterocycles. The fraction of sp³-hybridized carbons (Fsp3) is 0.708. The third kappa shape index (κ3) is 25.9. The molecule has 0 atom stereocenters. The molecule has 6 aliphatic rings. The second kappa shape index (κ2) is 37.7. The van der Waals surface area contributed by atoms with Crippen LogP contribution in [0.4, 0.5) is 30.6 Å². The summed E-state index contributed by atoms with van der Waals surface area (Å²) >= 11 is 3.34. The SMILES string of the molecule is CC(C)OC(=O)N1CCC(CO)CC1.CC(C)OC(=O)N1CCC(COc2ccc(Br)cn2)CC1.CC(C)OC(=O)N1CCC(COc2ccc(N3CCCCC3)cn2)CC1.CC(C)OC(=O)N1CCC(COc2ccc(N3CCCCC3)cn2)CC1. The number of piperidine rings is 6. The minimum absolute atomic E-state index is 0.0573. The number of amides is 4. The largest absolute Gasteiger partial charge is 0.477 e. The van der Waals surface area contributed by atoms with Gasteiger partial charge in [-0.2, -0.15) is 0 Å². The van der Waals surface area contributed by atoms with Gasteiger partial charge in [0, 0.05) is 114 Å². The van der Waals surface area contributed by atoms with Crippen LogP contribution in [0.3, 0.4) is 0 Å². The summed E-state index contributed by atoms with van der Waals surface area (Å²) < 4.78 is 39.2. The Morgan fingerprint density at radius 3 is 0.931 bits per heavy atom.